The third kappa shape index (κ3) is 4.36. The molecule has 0 fully saturated rings. The van der Waals surface area contributed by atoms with Gasteiger partial charge in [0.05, 0.1) is 34.8 Å². The lowest BCUT2D eigenvalue weighted by Crippen LogP contribution is -2.32. The third-order valence-electron chi connectivity index (χ3n) is 5.19. The Balaban J connectivity index is 1.72. The Morgan fingerprint density at radius 2 is 1.78 bits per heavy atom. The number of thioether (sulfide) groups is 1. The van der Waals surface area contributed by atoms with E-state index in [1.807, 2.05) is 75.4 Å². The second-order valence-corrected chi connectivity index (χ2v) is 8.67. The zero-order chi connectivity index (χ0) is 22.7. The molecule has 2 aromatic carbocycles. The summed E-state index contributed by atoms with van der Waals surface area (Å²) < 4.78 is 11.1. The van der Waals surface area contributed by atoms with Crippen molar-refractivity contribution in [1.82, 2.24) is 0 Å². The summed E-state index contributed by atoms with van der Waals surface area (Å²) >= 11 is 1.32. The van der Waals surface area contributed by atoms with Crippen molar-refractivity contribution in [3.05, 3.63) is 88.2 Å². The topological polar surface area (TPSA) is 59.8 Å². The molecule has 0 bridgehead atoms. The van der Waals surface area contributed by atoms with E-state index in [-0.39, 0.29) is 11.8 Å². The van der Waals surface area contributed by atoms with E-state index >= 15 is 0 Å². The monoisotopic (exact) mass is 447 g/mol. The molecule has 2 amide bonds. The van der Waals surface area contributed by atoms with Gasteiger partial charge in [-0.25, -0.2) is 4.90 Å². The Hall–Kier alpha value is -3.25. The summed E-state index contributed by atoms with van der Waals surface area (Å²) in [5.41, 5.74) is 3.68. The number of furan rings is 1. The van der Waals surface area contributed by atoms with E-state index in [1.54, 1.807) is 6.26 Å². The summed E-state index contributed by atoms with van der Waals surface area (Å²) in [6.45, 7) is 6.58. The summed E-state index contributed by atoms with van der Waals surface area (Å²) in [6, 6.07) is 16.7. The predicted molar refractivity (Wildman–Crippen MR) is 128 cm³/mol. The molecule has 0 saturated carbocycles. The van der Waals surface area contributed by atoms with Crippen LogP contribution in [0.3, 0.4) is 0 Å². The lowest BCUT2D eigenvalue weighted by molar-refractivity contribution is -0.119. The molecule has 4 rings (SSSR count). The molecule has 1 aliphatic heterocycles. The first-order valence-electron chi connectivity index (χ1n) is 10.6. The van der Waals surface area contributed by atoms with Crippen LogP contribution in [-0.4, -0.2) is 18.4 Å². The molecule has 1 aliphatic rings. The van der Waals surface area contributed by atoms with Crippen molar-refractivity contribution in [2.75, 3.05) is 11.5 Å². The van der Waals surface area contributed by atoms with Crippen molar-refractivity contribution in [3.63, 3.8) is 0 Å². The van der Waals surface area contributed by atoms with Crippen LogP contribution in [0.4, 0.5) is 5.69 Å². The Labute approximate surface area is 192 Å². The lowest BCUT2D eigenvalue weighted by atomic mass is 10.1. The van der Waals surface area contributed by atoms with Crippen molar-refractivity contribution in [2.24, 2.45) is 0 Å². The molecule has 3 aromatic rings. The van der Waals surface area contributed by atoms with Crippen LogP contribution in [0.25, 0.3) is 5.57 Å². The van der Waals surface area contributed by atoms with Gasteiger partial charge in [0.15, 0.2) is 0 Å². The molecule has 0 N–H and O–H groups in total. The fourth-order valence-corrected chi connectivity index (χ4v) is 4.66. The van der Waals surface area contributed by atoms with Crippen LogP contribution in [-0.2, 0) is 15.3 Å². The standard InChI is InChI=1S/C26H25NO4S/c1-4-13-30-20-10-8-19(9-11-20)23-24(32-16-21-6-5-14-31-21)26(29)27(25(23)28)22-12-7-17(2)15-18(22)3/h5-12,14-15H,4,13,16H2,1-3H3. The van der Waals surface area contributed by atoms with Gasteiger partial charge in [0.2, 0.25) is 0 Å². The van der Waals surface area contributed by atoms with Gasteiger partial charge < -0.3 is 9.15 Å². The average Bonchev–Trinajstić information content (AvgIpc) is 3.38. The molecule has 32 heavy (non-hydrogen) atoms. The molecule has 0 unspecified atom stereocenters. The van der Waals surface area contributed by atoms with Gasteiger partial charge in [-0.2, -0.15) is 0 Å². The summed E-state index contributed by atoms with van der Waals surface area (Å²) in [6.07, 6.45) is 2.52. The summed E-state index contributed by atoms with van der Waals surface area (Å²) in [4.78, 5) is 28.8. The first kappa shape index (κ1) is 22.0. The zero-order valence-electron chi connectivity index (χ0n) is 18.4. The van der Waals surface area contributed by atoms with Crippen LogP contribution >= 0.6 is 11.8 Å². The van der Waals surface area contributed by atoms with Crippen LogP contribution in [0.15, 0.2) is 70.2 Å². The highest BCUT2D eigenvalue weighted by Gasteiger charge is 2.40. The smallest absolute Gasteiger partial charge is 0.272 e. The normalized spacial score (nSPS) is 13.9. The molecule has 0 radical (unpaired) electrons. The SMILES string of the molecule is CCCOc1ccc(C2=C(SCc3ccco3)C(=O)N(c3ccc(C)cc3C)C2=O)cc1. The maximum Gasteiger partial charge on any atom is 0.272 e. The number of ether oxygens (including phenoxy) is 1. The fraction of sp³-hybridized carbons (Fsp3) is 0.231. The Morgan fingerprint density at radius 1 is 1.00 bits per heavy atom. The molecule has 0 spiro atoms. The van der Waals surface area contributed by atoms with Crippen LogP contribution in [0, 0.1) is 13.8 Å². The number of aryl methyl sites for hydroxylation is 2. The van der Waals surface area contributed by atoms with Gasteiger partial charge in [-0.15, -0.1) is 11.8 Å². The fourth-order valence-electron chi connectivity index (χ4n) is 3.65. The van der Waals surface area contributed by atoms with Crippen LogP contribution in [0.1, 0.15) is 35.8 Å². The molecule has 164 valence electrons. The Kier molecular flexibility index (Phi) is 6.51. The highest BCUT2D eigenvalue weighted by Crippen LogP contribution is 2.40. The minimum atomic E-state index is -0.314. The quantitative estimate of drug-likeness (QED) is 0.402. The minimum absolute atomic E-state index is 0.306. The number of hydrogen-bond donors (Lipinski definition) is 0. The number of rotatable bonds is 8. The first-order valence-corrected chi connectivity index (χ1v) is 11.6. The summed E-state index contributed by atoms with van der Waals surface area (Å²) in [5.74, 6) is 1.33. The van der Waals surface area contributed by atoms with Gasteiger partial charge in [-0.05, 0) is 61.7 Å². The van der Waals surface area contributed by atoms with Crippen molar-refractivity contribution in [2.45, 2.75) is 32.9 Å². The third-order valence-corrected chi connectivity index (χ3v) is 6.29. The number of amides is 2. The van der Waals surface area contributed by atoms with Gasteiger partial charge in [-0.1, -0.05) is 36.8 Å². The Morgan fingerprint density at radius 3 is 2.44 bits per heavy atom. The highest BCUT2D eigenvalue weighted by atomic mass is 32.2. The van der Waals surface area contributed by atoms with Gasteiger partial charge in [-0.3, -0.25) is 9.59 Å². The molecule has 1 aromatic heterocycles. The second kappa shape index (κ2) is 9.49. The van der Waals surface area contributed by atoms with Crippen molar-refractivity contribution >= 4 is 34.8 Å². The summed E-state index contributed by atoms with van der Waals surface area (Å²) in [5, 5.41) is 0. The minimum Gasteiger partial charge on any atom is -0.494 e. The summed E-state index contributed by atoms with van der Waals surface area (Å²) in [7, 11) is 0. The van der Waals surface area contributed by atoms with Gasteiger partial charge in [0, 0.05) is 0 Å². The van der Waals surface area contributed by atoms with E-state index in [4.69, 9.17) is 9.15 Å². The van der Waals surface area contributed by atoms with Crippen molar-refractivity contribution in [3.8, 4) is 5.75 Å². The van der Waals surface area contributed by atoms with E-state index in [9.17, 15) is 9.59 Å². The number of anilines is 1. The molecule has 0 atom stereocenters. The lowest BCUT2D eigenvalue weighted by Gasteiger charge is -2.18. The van der Waals surface area contributed by atoms with E-state index in [2.05, 4.69) is 0 Å². The van der Waals surface area contributed by atoms with Crippen LogP contribution in [0.5, 0.6) is 5.75 Å². The van der Waals surface area contributed by atoms with Gasteiger partial charge in [0.25, 0.3) is 11.8 Å². The highest BCUT2D eigenvalue weighted by molar-refractivity contribution is 8.03. The molecular formula is C26H25NO4S. The number of benzene rings is 2. The van der Waals surface area contributed by atoms with E-state index in [0.717, 1.165) is 29.1 Å². The number of imide groups is 1. The molecular weight excluding hydrogens is 422 g/mol. The average molecular weight is 448 g/mol. The number of carbonyl (C=O) groups excluding carboxylic acids is 2. The largest absolute Gasteiger partial charge is 0.494 e. The predicted octanol–water partition coefficient (Wildman–Crippen LogP) is 5.90. The maximum absolute atomic E-state index is 13.6. The molecule has 2 heterocycles. The maximum atomic E-state index is 13.6. The first-order chi connectivity index (χ1) is 15.5. The zero-order valence-corrected chi connectivity index (χ0v) is 19.2. The molecule has 5 nitrogen and oxygen atoms in total. The Bertz CT molecular complexity index is 1160. The van der Waals surface area contributed by atoms with E-state index in [1.165, 1.54) is 16.7 Å². The van der Waals surface area contributed by atoms with Gasteiger partial charge >= 0.3 is 0 Å². The molecule has 6 heteroatoms. The van der Waals surface area contributed by atoms with Crippen molar-refractivity contribution in [1.29, 1.82) is 0 Å². The molecule has 0 saturated heterocycles. The van der Waals surface area contributed by atoms with Crippen molar-refractivity contribution < 1.29 is 18.7 Å². The number of hydrogen-bond acceptors (Lipinski definition) is 5. The number of nitrogens with zero attached hydrogens (tertiary/aromatic N) is 1. The van der Waals surface area contributed by atoms with Gasteiger partial charge in [0.1, 0.15) is 11.5 Å². The molecule has 0 aliphatic carbocycles. The number of carbonyl (C=O) groups is 2. The van der Waals surface area contributed by atoms with Crippen LogP contribution in [0.2, 0.25) is 0 Å². The van der Waals surface area contributed by atoms with E-state index < -0.39 is 0 Å². The van der Waals surface area contributed by atoms with Crippen LogP contribution < -0.4 is 9.64 Å². The van der Waals surface area contributed by atoms with E-state index in [0.29, 0.717) is 34.1 Å². The second-order valence-electron chi connectivity index (χ2n) is 7.68.